The first-order valence-corrected chi connectivity index (χ1v) is 8.47. The summed E-state index contributed by atoms with van der Waals surface area (Å²) in [6.45, 7) is 0.612. The van der Waals surface area contributed by atoms with Crippen LogP contribution >= 0.6 is 0 Å². The number of ketones is 1. The van der Waals surface area contributed by atoms with Gasteiger partial charge in [0.05, 0.1) is 6.42 Å². The maximum absolute atomic E-state index is 13.5. The van der Waals surface area contributed by atoms with Gasteiger partial charge in [-0.3, -0.25) is 9.59 Å². The second kappa shape index (κ2) is 9.00. The molecule has 1 atom stereocenters. The van der Waals surface area contributed by atoms with Crippen LogP contribution in [0.5, 0.6) is 5.75 Å². The molecule has 1 fully saturated rings. The number of carbonyl (C=O) groups is 2. The summed E-state index contributed by atoms with van der Waals surface area (Å²) in [5.74, 6) is -10.0. The monoisotopic (exact) mass is 376 g/mol. The largest absolute Gasteiger partial charge is 0.480 e. The van der Waals surface area contributed by atoms with Gasteiger partial charge < -0.3 is 9.47 Å². The molecule has 1 saturated carbocycles. The molecule has 0 amide bonds. The Bertz CT molecular complexity index is 645. The van der Waals surface area contributed by atoms with E-state index in [1.807, 2.05) is 0 Å². The van der Waals surface area contributed by atoms with Crippen LogP contribution < -0.4 is 4.74 Å². The third kappa shape index (κ3) is 5.19. The Hall–Kier alpha value is -2.12. The van der Waals surface area contributed by atoms with Gasteiger partial charge in [0.1, 0.15) is 12.7 Å². The number of hydrogen-bond donors (Lipinski definition) is 0. The van der Waals surface area contributed by atoms with E-state index in [1.54, 1.807) is 0 Å². The lowest BCUT2D eigenvalue weighted by Crippen LogP contribution is -2.26. The van der Waals surface area contributed by atoms with Crippen molar-refractivity contribution in [3.8, 4) is 5.75 Å². The minimum absolute atomic E-state index is 0.0449. The van der Waals surface area contributed by atoms with Gasteiger partial charge in [0.25, 0.3) is 0 Å². The highest BCUT2D eigenvalue weighted by atomic mass is 19.2. The lowest BCUT2D eigenvalue weighted by molar-refractivity contribution is -0.153. The number of esters is 1. The standard InChI is InChI=1S/C18H20F4O4/c1-10(7-15(24)26-11-5-3-2-4-6-11)14(23)9-25-18-16(21)12(19)8-13(20)17(18)22/h8,10-11H,2-7,9H2,1H3. The average Bonchev–Trinajstić information content (AvgIpc) is 2.60. The first kappa shape index (κ1) is 20.2. The quantitative estimate of drug-likeness (QED) is 0.409. The zero-order valence-corrected chi connectivity index (χ0v) is 14.3. The minimum atomic E-state index is -1.72. The van der Waals surface area contributed by atoms with Crippen LogP contribution in [0.4, 0.5) is 17.6 Å². The van der Waals surface area contributed by atoms with Crippen LogP contribution in [0, 0.1) is 29.2 Å². The van der Waals surface area contributed by atoms with E-state index in [2.05, 4.69) is 4.74 Å². The number of carbonyl (C=O) groups excluding carboxylic acids is 2. The van der Waals surface area contributed by atoms with Gasteiger partial charge in [0.2, 0.25) is 11.6 Å². The summed E-state index contributed by atoms with van der Waals surface area (Å²) in [7, 11) is 0. The van der Waals surface area contributed by atoms with Gasteiger partial charge in [0.15, 0.2) is 23.2 Å². The molecule has 0 spiro atoms. The van der Waals surface area contributed by atoms with E-state index >= 15 is 0 Å². The van der Waals surface area contributed by atoms with Gasteiger partial charge in [-0.1, -0.05) is 13.3 Å². The van der Waals surface area contributed by atoms with Gasteiger partial charge in [-0.15, -0.1) is 0 Å². The summed E-state index contributed by atoms with van der Waals surface area (Å²) < 4.78 is 63.0. The van der Waals surface area contributed by atoms with Crippen molar-refractivity contribution in [2.24, 2.45) is 5.92 Å². The maximum atomic E-state index is 13.5. The molecule has 1 aliphatic carbocycles. The van der Waals surface area contributed by atoms with Crippen molar-refractivity contribution in [3.05, 3.63) is 29.3 Å². The van der Waals surface area contributed by atoms with Gasteiger partial charge in [0, 0.05) is 12.0 Å². The SMILES string of the molecule is CC(CC(=O)OC1CCCCC1)C(=O)COc1c(F)c(F)cc(F)c1F. The molecule has 1 unspecified atom stereocenters. The minimum Gasteiger partial charge on any atom is -0.480 e. The number of rotatable bonds is 7. The Labute approximate surface area is 148 Å². The highest BCUT2D eigenvalue weighted by molar-refractivity contribution is 5.86. The molecule has 1 aliphatic rings. The molecule has 0 radical (unpaired) electrons. The summed E-state index contributed by atoms with van der Waals surface area (Å²) in [6, 6.07) is 0.0449. The zero-order valence-electron chi connectivity index (χ0n) is 14.3. The topological polar surface area (TPSA) is 52.6 Å². The van der Waals surface area contributed by atoms with Crippen molar-refractivity contribution in [2.75, 3.05) is 6.61 Å². The molecule has 1 aromatic carbocycles. The summed E-state index contributed by atoms with van der Waals surface area (Å²) in [5.41, 5.74) is 0. The normalized spacial score (nSPS) is 16.2. The molecule has 26 heavy (non-hydrogen) atoms. The Morgan fingerprint density at radius 1 is 1.08 bits per heavy atom. The second-order valence-corrected chi connectivity index (χ2v) is 6.41. The summed E-state index contributed by atoms with van der Waals surface area (Å²) >= 11 is 0. The van der Waals surface area contributed by atoms with Gasteiger partial charge in [-0.25, -0.2) is 8.78 Å². The molecule has 0 heterocycles. The van der Waals surface area contributed by atoms with E-state index in [0.29, 0.717) is 0 Å². The highest BCUT2D eigenvalue weighted by Crippen LogP contribution is 2.27. The molecular formula is C18H20F4O4. The van der Waals surface area contributed by atoms with Crippen molar-refractivity contribution < 1.29 is 36.6 Å². The van der Waals surface area contributed by atoms with E-state index in [4.69, 9.17) is 4.74 Å². The van der Waals surface area contributed by atoms with Gasteiger partial charge in [-0.05, 0) is 25.7 Å². The molecule has 1 aromatic rings. The van der Waals surface area contributed by atoms with E-state index in [9.17, 15) is 27.2 Å². The van der Waals surface area contributed by atoms with Crippen molar-refractivity contribution in [3.63, 3.8) is 0 Å². The molecule has 0 saturated heterocycles. The Kier molecular flexibility index (Phi) is 6.99. The number of hydrogen-bond acceptors (Lipinski definition) is 4. The molecule has 2 rings (SSSR count). The Morgan fingerprint density at radius 2 is 1.65 bits per heavy atom. The molecule has 0 bridgehead atoms. The summed E-state index contributed by atoms with van der Waals surface area (Å²) in [6.07, 6.45) is 4.31. The number of benzene rings is 1. The molecule has 0 aliphatic heterocycles. The lowest BCUT2D eigenvalue weighted by atomic mass is 9.97. The molecule has 0 N–H and O–H groups in total. The average molecular weight is 376 g/mol. The van der Waals surface area contributed by atoms with Crippen molar-refractivity contribution >= 4 is 11.8 Å². The van der Waals surface area contributed by atoms with Crippen LogP contribution in [0.15, 0.2) is 6.07 Å². The predicted octanol–water partition coefficient (Wildman–Crippen LogP) is 4.09. The Balaban J connectivity index is 1.86. The molecule has 0 aromatic heterocycles. The van der Waals surface area contributed by atoms with Crippen LogP contribution in [0.2, 0.25) is 0 Å². The van der Waals surface area contributed by atoms with Crippen LogP contribution in [0.1, 0.15) is 45.4 Å². The fourth-order valence-corrected chi connectivity index (χ4v) is 2.74. The summed E-state index contributed by atoms with van der Waals surface area (Å²) in [4.78, 5) is 23.8. The molecule has 8 heteroatoms. The maximum Gasteiger partial charge on any atom is 0.306 e. The van der Waals surface area contributed by atoms with E-state index < -0.39 is 53.3 Å². The molecule has 4 nitrogen and oxygen atoms in total. The number of halogens is 4. The zero-order chi connectivity index (χ0) is 19.3. The van der Waals surface area contributed by atoms with Gasteiger partial charge in [-0.2, -0.15) is 8.78 Å². The first-order valence-electron chi connectivity index (χ1n) is 8.47. The third-order valence-electron chi connectivity index (χ3n) is 4.30. The van der Waals surface area contributed by atoms with Crippen molar-refractivity contribution in [1.29, 1.82) is 0 Å². The summed E-state index contributed by atoms with van der Waals surface area (Å²) in [5, 5.41) is 0. The van der Waals surface area contributed by atoms with Crippen LogP contribution in [0.3, 0.4) is 0 Å². The third-order valence-corrected chi connectivity index (χ3v) is 4.30. The fourth-order valence-electron chi connectivity index (χ4n) is 2.74. The first-order chi connectivity index (χ1) is 12.3. The molecule has 144 valence electrons. The van der Waals surface area contributed by atoms with Crippen molar-refractivity contribution in [1.82, 2.24) is 0 Å². The second-order valence-electron chi connectivity index (χ2n) is 6.41. The fraction of sp³-hybridized carbons (Fsp3) is 0.556. The lowest BCUT2D eigenvalue weighted by Gasteiger charge is -2.22. The van der Waals surface area contributed by atoms with Gasteiger partial charge >= 0.3 is 5.97 Å². The predicted molar refractivity (Wildman–Crippen MR) is 83.5 cm³/mol. The van der Waals surface area contributed by atoms with E-state index in [0.717, 1.165) is 32.1 Å². The highest BCUT2D eigenvalue weighted by Gasteiger charge is 2.25. The van der Waals surface area contributed by atoms with E-state index in [-0.39, 0.29) is 18.6 Å². The van der Waals surface area contributed by atoms with Crippen LogP contribution in [-0.2, 0) is 14.3 Å². The smallest absolute Gasteiger partial charge is 0.306 e. The molecular weight excluding hydrogens is 356 g/mol. The van der Waals surface area contributed by atoms with Crippen LogP contribution in [0.25, 0.3) is 0 Å². The van der Waals surface area contributed by atoms with Crippen LogP contribution in [-0.4, -0.2) is 24.5 Å². The van der Waals surface area contributed by atoms with Crippen molar-refractivity contribution in [2.45, 2.75) is 51.6 Å². The number of ether oxygens (including phenoxy) is 2. The Morgan fingerprint density at radius 3 is 2.23 bits per heavy atom. The van der Waals surface area contributed by atoms with E-state index in [1.165, 1.54) is 6.92 Å². The number of Topliss-reactive ketones (excluding diaryl/α,β-unsaturated/α-hetero) is 1.